The topological polar surface area (TPSA) is 36.9 Å². The van der Waals surface area contributed by atoms with Crippen molar-refractivity contribution in [2.24, 2.45) is 5.92 Å². The Morgan fingerprint density at radius 2 is 1.39 bits per heavy atom. The molecule has 4 nitrogen and oxygen atoms in total. The number of benzene rings is 3. The molecule has 0 aromatic heterocycles. The lowest BCUT2D eigenvalue weighted by molar-refractivity contribution is -0.206. The Labute approximate surface area is 250 Å². The molecule has 1 aliphatic heterocycles. The lowest BCUT2D eigenvalue weighted by Gasteiger charge is -2.29. The van der Waals surface area contributed by atoms with E-state index in [0.29, 0.717) is 30.9 Å². The van der Waals surface area contributed by atoms with E-state index in [4.69, 9.17) is 18.9 Å². The van der Waals surface area contributed by atoms with E-state index in [9.17, 15) is 30.7 Å². The molecule has 3 aromatic carbocycles. The van der Waals surface area contributed by atoms with Gasteiger partial charge in [-0.05, 0) is 79.8 Å². The summed E-state index contributed by atoms with van der Waals surface area (Å²) in [4.78, 5) is 0. The SMILES string of the molecule is C=CCC/C=C/CCC1COC(c2ccc(C(F)(F)Oc3ccc(OCc4cc(F)c(C(F)(F)F)c(F)c4)cc3)cc2)OC1. The smallest absolute Gasteiger partial charge is 0.426 e. The molecule has 0 unspecified atom stereocenters. The Bertz CT molecular complexity index is 1370. The van der Waals surface area contributed by atoms with Crippen molar-refractivity contribution in [2.75, 3.05) is 13.2 Å². The summed E-state index contributed by atoms with van der Waals surface area (Å²) in [5.41, 5.74) is -1.97. The van der Waals surface area contributed by atoms with Crippen LogP contribution >= 0.6 is 0 Å². The van der Waals surface area contributed by atoms with Crippen molar-refractivity contribution >= 4 is 0 Å². The Balaban J connectivity index is 1.26. The van der Waals surface area contributed by atoms with Gasteiger partial charge in [0.1, 0.15) is 35.3 Å². The molecule has 0 radical (unpaired) electrons. The first kappa shape index (κ1) is 33.1. The Morgan fingerprint density at radius 1 is 0.795 bits per heavy atom. The summed E-state index contributed by atoms with van der Waals surface area (Å²) in [6, 6.07) is 11.4. The van der Waals surface area contributed by atoms with Crippen molar-refractivity contribution in [1.29, 1.82) is 0 Å². The summed E-state index contributed by atoms with van der Waals surface area (Å²) in [5, 5.41) is 0. The van der Waals surface area contributed by atoms with Gasteiger partial charge in [-0.3, -0.25) is 0 Å². The molecule has 1 heterocycles. The standard InChI is InChI=1S/C33H31F7O4/c1-2-3-4-5-6-7-8-22-19-42-31(43-20-22)24-9-11-25(12-10-24)33(39,40)44-27-15-13-26(14-16-27)41-21-23-17-28(34)30(29(35)18-23)32(36,37)38/h2,5-6,9-18,22,31H,1,3-4,7-8,19-21H2/b6-5+. The van der Waals surface area contributed by atoms with Gasteiger partial charge in [-0.25, -0.2) is 8.78 Å². The Kier molecular flexibility index (Phi) is 11.1. The van der Waals surface area contributed by atoms with Crippen LogP contribution in [0.5, 0.6) is 11.5 Å². The van der Waals surface area contributed by atoms with Crippen molar-refractivity contribution in [1.82, 2.24) is 0 Å². The van der Waals surface area contributed by atoms with Gasteiger partial charge in [-0.15, -0.1) is 6.58 Å². The van der Waals surface area contributed by atoms with Gasteiger partial charge >= 0.3 is 12.3 Å². The van der Waals surface area contributed by atoms with Gasteiger partial charge in [0.2, 0.25) is 0 Å². The highest BCUT2D eigenvalue weighted by Crippen LogP contribution is 2.36. The predicted molar refractivity (Wildman–Crippen MR) is 149 cm³/mol. The van der Waals surface area contributed by atoms with E-state index in [1.807, 2.05) is 6.08 Å². The molecule has 0 N–H and O–H groups in total. The summed E-state index contributed by atoms with van der Waals surface area (Å²) >= 11 is 0. The molecule has 44 heavy (non-hydrogen) atoms. The van der Waals surface area contributed by atoms with E-state index in [1.165, 1.54) is 48.5 Å². The molecular weight excluding hydrogens is 593 g/mol. The van der Waals surface area contributed by atoms with Crippen LogP contribution in [0.1, 0.15) is 54.2 Å². The van der Waals surface area contributed by atoms with Crippen molar-refractivity contribution in [2.45, 2.75) is 50.9 Å². The maximum atomic E-state index is 14.9. The van der Waals surface area contributed by atoms with E-state index in [2.05, 4.69) is 18.7 Å². The third-order valence-electron chi connectivity index (χ3n) is 6.79. The predicted octanol–water partition coefficient (Wildman–Crippen LogP) is 9.66. The van der Waals surface area contributed by atoms with Crippen LogP contribution in [0.3, 0.4) is 0 Å². The molecule has 0 atom stereocenters. The number of alkyl halides is 5. The number of hydrogen-bond donors (Lipinski definition) is 0. The largest absolute Gasteiger partial charge is 0.489 e. The summed E-state index contributed by atoms with van der Waals surface area (Å²) in [5.74, 6) is -3.37. The van der Waals surface area contributed by atoms with Gasteiger partial charge in [0.25, 0.3) is 0 Å². The zero-order valence-electron chi connectivity index (χ0n) is 23.6. The molecular formula is C33H31F7O4. The first-order valence-electron chi connectivity index (χ1n) is 13.9. The van der Waals surface area contributed by atoms with E-state index >= 15 is 0 Å². The molecule has 0 bridgehead atoms. The highest BCUT2D eigenvalue weighted by atomic mass is 19.4. The van der Waals surface area contributed by atoms with Crippen molar-refractivity contribution in [3.05, 3.63) is 119 Å². The highest BCUT2D eigenvalue weighted by molar-refractivity contribution is 5.34. The third kappa shape index (κ3) is 9.09. The third-order valence-corrected chi connectivity index (χ3v) is 6.79. The molecule has 0 amide bonds. The first-order chi connectivity index (χ1) is 21.0. The summed E-state index contributed by atoms with van der Waals surface area (Å²) in [6.45, 7) is 4.24. The van der Waals surface area contributed by atoms with E-state index in [-0.39, 0.29) is 23.0 Å². The minimum absolute atomic E-state index is 0.112. The fraction of sp³-hybridized carbons (Fsp3) is 0.333. The van der Waals surface area contributed by atoms with Crippen LogP contribution in [0.4, 0.5) is 30.7 Å². The zero-order chi connectivity index (χ0) is 31.7. The fourth-order valence-electron chi connectivity index (χ4n) is 4.48. The van der Waals surface area contributed by atoms with Crippen LogP contribution in [0.25, 0.3) is 0 Å². The van der Waals surface area contributed by atoms with Crippen LogP contribution in [0.15, 0.2) is 85.5 Å². The average Bonchev–Trinajstić information content (AvgIpc) is 2.98. The Morgan fingerprint density at radius 3 is 1.98 bits per heavy atom. The molecule has 0 spiro atoms. The number of halogens is 7. The molecule has 0 saturated carbocycles. The quantitative estimate of drug-likeness (QED) is 0.108. The molecule has 4 rings (SSSR count). The number of unbranched alkanes of at least 4 members (excludes halogenated alkanes) is 1. The molecule has 11 heteroatoms. The lowest BCUT2D eigenvalue weighted by atomic mass is 10.0. The molecule has 0 aliphatic carbocycles. The molecule has 3 aromatic rings. The first-order valence-corrected chi connectivity index (χ1v) is 13.9. The van der Waals surface area contributed by atoms with E-state index in [1.54, 1.807) is 0 Å². The highest BCUT2D eigenvalue weighted by Gasteiger charge is 2.38. The second-order valence-electron chi connectivity index (χ2n) is 10.2. The molecule has 1 aliphatic rings. The summed E-state index contributed by atoms with van der Waals surface area (Å²) in [7, 11) is 0. The monoisotopic (exact) mass is 624 g/mol. The number of ether oxygens (including phenoxy) is 4. The van der Waals surface area contributed by atoms with Crippen LogP contribution in [0.2, 0.25) is 0 Å². The van der Waals surface area contributed by atoms with Gasteiger partial charge in [0, 0.05) is 11.5 Å². The number of hydrogen-bond acceptors (Lipinski definition) is 4. The second-order valence-corrected chi connectivity index (χ2v) is 10.2. The molecule has 1 fully saturated rings. The van der Waals surface area contributed by atoms with Crippen molar-refractivity contribution in [3.63, 3.8) is 0 Å². The zero-order valence-corrected chi connectivity index (χ0v) is 23.6. The van der Waals surface area contributed by atoms with Gasteiger partial charge in [-0.2, -0.15) is 22.0 Å². The lowest BCUT2D eigenvalue weighted by Crippen LogP contribution is -2.27. The normalized spacial score (nSPS) is 17.5. The molecule has 1 saturated heterocycles. The van der Waals surface area contributed by atoms with Crippen molar-refractivity contribution < 1.29 is 49.7 Å². The van der Waals surface area contributed by atoms with Crippen LogP contribution < -0.4 is 9.47 Å². The summed E-state index contributed by atoms with van der Waals surface area (Å²) in [6.07, 6.45) is 0.382. The summed E-state index contributed by atoms with van der Waals surface area (Å²) < 4.78 is 117. The van der Waals surface area contributed by atoms with Crippen molar-refractivity contribution in [3.8, 4) is 11.5 Å². The minimum atomic E-state index is -5.18. The van der Waals surface area contributed by atoms with Gasteiger partial charge in [0.05, 0.1) is 18.8 Å². The maximum absolute atomic E-state index is 14.9. The van der Waals surface area contributed by atoms with E-state index < -0.39 is 47.9 Å². The average molecular weight is 625 g/mol. The van der Waals surface area contributed by atoms with Gasteiger partial charge < -0.3 is 18.9 Å². The number of allylic oxidation sites excluding steroid dienone is 3. The van der Waals surface area contributed by atoms with Crippen LogP contribution in [-0.2, 0) is 28.4 Å². The van der Waals surface area contributed by atoms with Gasteiger partial charge in [-0.1, -0.05) is 30.4 Å². The van der Waals surface area contributed by atoms with Crippen LogP contribution in [0, 0.1) is 17.6 Å². The fourth-order valence-corrected chi connectivity index (χ4v) is 4.48. The Hall–Kier alpha value is -3.83. The van der Waals surface area contributed by atoms with Gasteiger partial charge in [0.15, 0.2) is 6.29 Å². The van der Waals surface area contributed by atoms with E-state index in [0.717, 1.165) is 25.7 Å². The second kappa shape index (κ2) is 14.8. The van der Waals surface area contributed by atoms with Crippen LogP contribution in [-0.4, -0.2) is 13.2 Å². The number of rotatable bonds is 13. The molecule has 236 valence electrons. The maximum Gasteiger partial charge on any atom is 0.426 e. The minimum Gasteiger partial charge on any atom is -0.489 e.